The van der Waals surface area contributed by atoms with Crippen molar-refractivity contribution < 1.29 is 9.59 Å². The number of carbonyl (C=O) groups is 2. The highest BCUT2D eigenvalue weighted by molar-refractivity contribution is 5.99. The lowest BCUT2D eigenvalue weighted by Crippen LogP contribution is -2.53. The van der Waals surface area contributed by atoms with E-state index >= 15 is 0 Å². The molecule has 20 heavy (non-hydrogen) atoms. The molecule has 3 rings (SSSR count). The summed E-state index contributed by atoms with van der Waals surface area (Å²) >= 11 is 0. The summed E-state index contributed by atoms with van der Waals surface area (Å²) in [6.07, 6.45) is 5.35. The molecule has 1 fully saturated rings. The summed E-state index contributed by atoms with van der Waals surface area (Å²) in [5.74, 6) is -0.814. The van der Waals surface area contributed by atoms with Gasteiger partial charge in [0.2, 0.25) is 5.91 Å². The summed E-state index contributed by atoms with van der Waals surface area (Å²) in [7, 11) is 0. The number of hydrogen-bond donors (Lipinski definition) is 2. The Hall–Kier alpha value is -2.44. The monoisotopic (exact) mass is 274 g/mol. The third kappa shape index (κ3) is 1.91. The summed E-state index contributed by atoms with van der Waals surface area (Å²) in [5, 5.41) is 7.42. The number of rotatable bonds is 1. The minimum atomic E-state index is -0.750. The molecule has 0 radical (unpaired) electrons. The van der Waals surface area contributed by atoms with E-state index in [9.17, 15) is 14.4 Å². The van der Waals surface area contributed by atoms with E-state index in [2.05, 4.69) is 10.4 Å². The molecule has 1 aromatic heterocycles. The summed E-state index contributed by atoms with van der Waals surface area (Å²) in [5.41, 5.74) is 6.06. The summed E-state index contributed by atoms with van der Waals surface area (Å²) in [6.45, 7) is 0. The van der Waals surface area contributed by atoms with Gasteiger partial charge in [0.25, 0.3) is 11.5 Å². The molecule has 0 bridgehead atoms. The molecule has 2 heterocycles. The second kappa shape index (κ2) is 4.59. The van der Waals surface area contributed by atoms with Crippen molar-refractivity contribution in [3.05, 3.63) is 27.0 Å². The van der Waals surface area contributed by atoms with E-state index in [1.54, 1.807) is 6.20 Å². The number of carbonyl (C=O) groups excluding carboxylic acids is 2. The lowest BCUT2D eigenvalue weighted by Gasteiger charge is -2.21. The number of hydrogen-bond acceptors (Lipinski definition) is 5. The average molecular weight is 274 g/mol. The van der Waals surface area contributed by atoms with E-state index in [0.717, 1.165) is 11.1 Å². The van der Waals surface area contributed by atoms with Crippen LogP contribution in [0.25, 0.3) is 11.8 Å². The van der Waals surface area contributed by atoms with Crippen LogP contribution in [-0.2, 0) is 9.59 Å². The first-order valence-electron chi connectivity index (χ1n) is 6.48. The number of fused-ring (bicyclic) bond motifs is 1. The molecular weight excluding hydrogens is 260 g/mol. The lowest BCUT2D eigenvalue weighted by atomic mass is 10.1. The Balaban J connectivity index is 2.16. The molecule has 2 amide bonds. The van der Waals surface area contributed by atoms with Crippen molar-refractivity contribution in [2.75, 3.05) is 0 Å². The SMILES string of the molecule is NC1=c2c(cnn(C3CCC(=O)NC3=O)c2=O)=CCC1. The van der Waals surface area contributed by atoms with Crippen molar-refractivity contribution in [1.82, 2.24) is 15.1 Å². The first-order valence-corrected chi connectivity index (χ1v) is 6.48. The van der Waals surface area contributed by atoms with Crippen LogP contribution in [0.3, 0.4) is 0 Å². The molecule has 2 aliphatic rings. The van der Waals surface area contributed by atoms with E-state index in [1.165, 1.54) is 0 Å². The fourth-order valence-corrected chi connectivity index (χ4v) is 2.60. The molecule has 1 atom stereocenters. The van der Waals surface area contributed by atoms with Gasteiger partial charge in [-0.15, -0.1) is 0 Å². The van der Waals surface area contributed by atoms with Crippen LogP contribution in [0.5, 0.6) is 0 Å². The number of imide groups is 1. The van der Waals surface area contributed by atoms with Gasteiger partial charge < -0.3 is 5.73 Å². The van der Waals surface area contributed by atoms with E-state index in [0.29, 0.717) is 22.6 Å². The molecule has 0 saturated carbocycles. The predicted molar refractivity (Wildman–Crippen MR) is 70.5 cm³/mol. The summed E-state index contributed by atoms with van der Waals surface area (Å²) in [4.78, 5) is 35.4. The zero-order valence-corrected chi connectivity index (χ0v) is 10.8. The third-order valence-electron chi connectivity index (χ3n) is 3.64. The summed E-state index contributed by atoms with van der Waals surface area (Å²) in [6, 6.07) is -0.750. The highest BCUT2D eigenvalue weighted by atomic mass is 16.2. The Bertz CT molecular complexity index is 778. The highest BCUT2D eigenvalue weighted by Gasteiger charge is 2.29. The molecule has 7 heteroatoms. The number of piperidine rings is 1. The first-order chi connectivity index (χ1) is 9.58. The van der Waals surface area contributed by atoms with Gasteiger partial charge in [0.1, 0.15) is 6.04 Å². The van der Waals surface area contributed by atoms with Crippen LogP contribution >= 0.6 is 0 Å². The van der Waals surface area contributed by atoms with Crippen molar-refractivity contribution >= 4 is 23.6 Å². The minimum absolute atomic E-state index is 0.201. The molecule has 0 aromatic carbocycles. The third-order valence-corrected chi connectivity index (χ3v) is 3.64. The molecule has 1 aliphatic heterocycles. The molecule has 104 valence electrons. The quantitative estimate of drug-likeness (QED) is 0.568. The molecule has 3 N–H and O–H groups in total. The van der Waals surface area contributed by atoms with Crippen LogP contribution in [-0.4, -0.2) is 21.6 Å². The van der Waals surface area contributed by atoms with Gasteiger partial charge in [-0.05, 0) is 19.3 Å². The number of nitrogens with one attached hydrogen (secondary N) is 1. The van der Waals surface area contributed by atoms with Crippen LogP contribution in [0.15, 0.2) is 11.0 Å². The highest BCUT2D eigenvalue weighted by Crippen LogP contribution is 2.14. The van der Waals surface area contributed by atoms with Gasteiger partial charge in [-0.2, -0.15) is 5.10 Å². The van der Waals surface area contributed by atoms with Gasteiger partial charge >= 0.3 is 0 Å². The maximum absolute atomic E-state index is 12.5. The van der Waals surface area contributed by atoms with Gasteiger partial charge in [-0.1, -0.05) is 6.08 Å². The molecular formula is C13H14N4O3. The van der Waals surface area contributed by atoms with Crippen molar-refractivity contribution in [2.45, 2.75) is 31.7 Å². The Morgan fingerprint density at radius 3 is 2.85 bits per heavy atom. The first kappa shape index (κ1) is 12.6. The van der Waals surface area contributed by atoms with Crippen LogP contribution in [0.1, 0.15) is 31.7 Å². The number of aromatic nitrogens is 2. The normalized spacial score (nSPS) is 22.0. The second-order valence-electron chi connectivity index (χ2n) is 4.96. The maximum atomic E-state index is 12.5. The van der Waals surface area contributed by atoms with E-state index in [1.807, 2.05) is 6.08 Å². The van der Waals surface area contributed by atoms with Gasteiger partial charge in [0.05, 0.1) is 11.4 Å². The fraction of sp³-hybridized carbons (Fsp3) is 0.385. The molecule has 1 aliphatic carbocycles. The molecule has 7 nitrogen and oxygen atoms in total. The Labute approximate surface area is 113 Å². The van der Waals surface area contributed by atoms with E-state index in [-0.39, 0.29) is 24.3 Å². The van der Waals surface area contributed by atoms with Crippen LogP contribution < -0.4 is 27.0 Å². The molecule has 0 spiro atoms. The zero-order chi connectivity index (χ0) is 14.3. The fourth-order valence-electron chi connectivity index (χ4n) is 2.60. The van der Waals surface area contributed by atoms with Crippen molar-refractivity contribution in [3.8, 4) is 0 Å². The second-order valence-corrected chi connectivity index (χ2v) is 4.96. The number of amides is 2. The Morgan fingerprint density at radius 2 is 2.10 bits per heavy atom. The van der Waals surface area contributed by atoms with Gasteiger partial charge in [0, 0.05) is 17.3 Å². The Kier molecular flexibility index (Phi) is 2.89. The molecule has 1 aromatic rings. The van der Waals surface area contributed by atoms with Gasteiger partial charge in [-0.25, -0.2) is 4.68 Å². The van der Waals surface area contributed by atoms with Crippen LogP contribution in [0.2, 0.25) is 0 Å². The largest absolute Gasteiger partial charge is 0.401 e. The number of nitrogens with two attached hydrogens (primary N) is 1. The summed E-state index contributed by atoms with van der Waals surface area (Å²) < 4.78 is 1.13. The predicted octanol–water partition coefficient (Wildman–Crippen LogP) is -2.14. The molecule has 1 saturated heterocycles. The Morgan fingerprint density at radius 1 is 1.30 bits per heavy atom. The van der Waals surface area contributed by atoms with Crippen LogP contribution in [0, 0.1) is 0 Å². The smallest absolute Gasteiger partial charge is 0.277 e. The van der Waals surface area contributed by atoms with Gasteiger partial charge in [0.15, 0.2) is 0 Å². The van der Waals surface area contributed by atoms with Crippen molar-refractivity contribution in [2.24, 2.45) is 5.73 Å². The average Bonchev–Trinajstić information content (AvgIpc) is 2.40. The number of nitrogens with zero attached hydrogens (tertiary/aromatic N) is 2. The minimum Gasteiger partial charge on any atom is -0.401 e. The maximum Gasteiger partial charge on any atom is 0.277 e. The zero-order valence-electron chi connectivity index (χ0n) is 10.8. The van der Waals surface area contributed by atoms with Crippen molar-refractivity contribution in [1.29, 1.82) is 0 Å². The standard InChI is InChI=1S/C13H14N4O3/c14-8-3-1-2-7-6-15-17(13(20)11(7)8)9-4-5-10(18)16-12(9)19/h2,6,9H,1,3-5,14H2,(H,16,18,19). The van der Waals surface area contributed by atoms with E-state index in [4.69, 9.17) is 5.73 Å². The van der Waals surface area contributed by atoms with E-state index < -0.39 is 11.9 Å². The molecule has 1 unspecified atom stereocenters. The topological polar surface area (TPSA) is 107 Å². The lowest BCUT2D eigenvalue weighted by molar-refractivity contribution is -0.136. The van der Waals surface area contributed by atoms with Gasteiger partial charge in [-0.3, -0.25) is 19.7 Å². The van der Waals surface area contributed by atoms with Crippen LogP contribution in [0.4, 0.5) is 0 Å². The van der Waals surface area contributed by atoms with Crippen molar-refractivity contribution in [3.63, 3.8) is 0 Å².